The van der Waals surface area contributed by atoms with E-state index in [4.69, 9.17) is 10.5 Å². The van der Waals surface area contributed by atoms with Gasteiger partial charge >= 0.3 is 11.8 Å². The van der Waals surface area contributed by atoms with Crippen LogP contribution in [-0.4, -0.2) is 47.1 Å². The van der Waals surface area contributed by atoms with Gasteiger partial charge in [0.1, 0.15) is 5.82 Å². The van der Waals surface area contributed by atoms with Crippen molar-refractivity contribution in [3.8, 4) is 0 Å². The van der Waals surface area contributed by atoms with Crippen LogP contribution in [0.15, 0.2) is 12.1 Å². The number of anilines is 2. The highest BCUT2D eigenvalue weighted by Crippen LogP contribution is 2.22. The lowest BCUT2D eigenvalue weighted by atomic mass is 9.98. The van der Waals surface area contributed by atoms with Crippen LogP contribution in [0, 0.1) is 21.4 Å². The SMILES string of the molecule is CC(C)(C)COC(=O)N1CCCC(CNc2ccc([N+](=O)[O-])c(N)n2)C1. The number of pyridine rings is 1. The number of hydrogen-bond acceptors (Lipinski definition) is 7. The first kappa shape index (κ1) is 19.7. The Kier molecular flexibility index (Phi) is 6.23. The Bertz CT molecular complexity index is 659. The predicted molar refractivity (Wildman–Crippen MR) is 98.9 cm³/mol. The molecule has 1 aliphatic rings. The number of rotatable bonds is 5. The van der Waals surface area contributed by atoms with Gasteiger partial charge in [0, 0.05) is 25.7 Å². The summed E-state index contributed by atoms with van der Waals surface area (Å²) in [5, 5.41) is 13.9. The molecular formula is C17H27N5O4. The van der Waals surface area contributed by atoms with Gasteiger partial charge in [0.2, 0.25) is 5.82 Å². The zero-order chi connectivity index (χ0) is 19.3. The number of hydrogen-bond donors (Lipinski definition) is 2. The molecule has 1 aromatic heterocycles. The van der Waals surface area contributed by atoms with Gasteiger partial charge in [0.25, 0.3) is 0 Å². The van der Waals surface area contributed by atoms with Crippen LogP contribution in [0.5, 0.6) is 0 Å². The van der Waals surface area contributed by atoms with Crippen molar-refractivity contribution in [2.24, 2.45) is 11.3 Å². The minimum absolute atomic E-state index is 0.0616. The molecule has 1 amide bonds. The number of carbonyl (C=O) groups is 1. The van der Waals surface area contributed by atoms with E-state index in [9.17, 15) is 14.9 Å². The zero-order valence-electron chi connectivity index (χ0n) is 15.5. The number of amides is 1. The average molecular weight is 365 g/mol. The predicted octanol–water partition coefficient (Wildman–Crippen LogP) is 2.88. The third kappa shape index (κ3) is 5.75. The third-order valence-corrected chi connectivity index (χ3v) is 4.08. The molecule has 0 radical (unpaired) electrons. The molecule has 0 aliphatic carbocycles. The van der Waals surface area contributed by atoms with Crippen molar-refractivity contribution >= 4 is 23.4 Å². The first-order valence-corrected chi connectivity index (χ1v) is 8.72. The van der Waals surface area contributed by atoms with Crippen molar-refractivity contribution < 1.29 is 14.5 Å². The summed E-state index contributed by atoms with van der Waals surface area (Å²) in [6.45, 7) is 8.36. The maximum Gasteiger partial charge on any atom is 0.409 e. The summed E-state index contributed by atoms with van der Waals surface area (Å²) < 4.78 is 5.38. The van der Waals surface area contributed by atoms with Crippen molar-refractivity contribution in [1.29, 1.82) is 0 Å². The van der Waals surface area contributed by atoms with E-state index in [0.717, 1.165) is 12.8 Å². The average Bonchev–Trinajstić information content (AvgIpc) is 2.57. The number of aromatic nitrogens is 1. The van der Waals surface area contributed by atoms with Crippen LogP contribution in [-0.2, 0) is 4.74 Å². The first-order valence-electron chi connectivity index (χ1n) is 8.72. The first-order chi connectivity index (χ1) is 12.2. The molecule has 3 N–H and O–H groups in total. The molecule has 0 bridgehead atoms. The number of nitrogens with one attached hydrogen (secondary N) is 1. The van der Waals surface area contributed by atoms with Gasteiger partial charge in [-0.15, -0.1) is 0 Å². The lowest BCUT2D eigenvalue weighted by molar-refractivity contribution is -0.384. The van der Waals surface area contributed by atoms with Gasteiger partial charge in [-0.1, -0.05) is 20.8 Å². The highest BCUT2D eigenvalue weighted by molar-refractivity contribution is 5.67. The van der Waals surface area contributed by atoms with Crippen LogP contribution >= 0.6 is 0 Å². The van der Waals surface area contributed by atoms with Crippen LogP contribution < -0.4 is 11.1 Å². The maximum absolute atomic E-state index is 12.2. The molecule has 144 valence electrons. The summed E-state index contributed by atoms with van der Waals surface area (Å²) in [6.07, 6.45) is 1.62. The van der Waals surface area contributed by atoms with Crippen molar-refractivity contribution in [1.82, 2.24) is 9.88 Å². The maximum atomic E-state index is 12.2. The second-order valence-electron chi connectivity index (χ2n) is 7.81. The fraction of sp³-hybridized carbons (Fsp3) is 0.647. The number of carbonyl (C=O) groups excluding carboxylic acids is 1. The quantitative estimate of drug-likeness (QED) is 0.607. The molecule has 2 heterocycles. The molecule has 0 saturated carbocycles. The standard InChI is InChI=1S/C17H27N5O4/c1-17(2,3)11-26-16(23)21-8-4-5-12(10-21)9-19-14-7-6-13(22(24)25)15(18)20-14/h6-7,12H,4-5,8-11H2,1-3H3,(H3,18,19,20). The minimum Gasteiger partial charge on any atom is -0.449 e. The largest absolute Gasteiger partial charge is 0.449 e. The molecule has 1 aliphatic heterocycles. The molecule has 9 nitrogen and oxygen atoms in total. The zero-order valence-corrected chi connectivity index (χ0v) is 15.5. The van der Waals surface area contributed by atoms with Crippen molar-refractivity contribution in [2.75, 3.05) is 37.3 Å². The number of nitrogens with zero attached hydrogens (tertiary/aromatic N) is 3. The molecule has 1 aromatic rings. The van der Waals surface area contributed by atoms with Crippen LogP contribution in [0.25, 0.3) is 0 Å². The number of ether oxygens (including phenoxy) is 1. The monoisotopic (exact) mass is 365 g/mol. The third-order valence-electron chi connectivity index (χ3n) is 4.08. The molecule has 0 spiro atoms. The van der Waals surface area contributed by atoms with Gasteiger partial charge in [-0.2, -0.15) is 0 Å². The van der Waals surface area contributed by atoms with Crippen LogP contribution in [0.4, 0.5) is 22.1 Å². The van der Waals surface area contributed by atoms with E-state index in [1.54, 1.807) is 4.90 Å². The Balaban J connectivity index is 1.85. The topological polar surface area (TPSA) is 124 Å². The number of nitro groups is 1. The summed E-state index contributed by atoms with van der Waals surface area (Å²) in [5.41, 5.74) is 5.33. The summed E-state index contributed by atoms with van der Waals surface area (Å²) in [5.74, 6) is 0.626. The number of nitrogens with two attached hydrogens (primary N) is 1. The molecule has 2 rings (SSSR count). The molecule has 1 unspecified atom stereocenters. The second-order valence-corrected chi connectivity index (χ2v) is 7.81. The van der Waals surface area contributed by atoms with E-state index in [1.165, 1.54) is 12.1 Å². The highest BCUT2D eigenvalue weighted by atomic mass is 16.6. The van der Waals surface area contributed by atoms with Crippen LogP contribution in [0.3, 0.4) is 0 Å². The van der Waals surface area contributed by atoms with E-state index in [2.05, 4.69) is 10.3 Å². The fourth-order valence-electron chi connectivity index (χ4n) is 2.74. The Morgan fingerprint density at radius 1 is 1.50 bits per heavy atom. The molecule has 1 saturated heterocycles. The Morgan fingerprint density at radius 2 is 2.23 bits per heavy atom. The van der Waals surface area contributed by atoms with Crippen LogP contribution in [0.1, 0.15) is 33.6 Å². The number of nitrogen functional groups attached to an aromatic ring is 1. The van der Waals surface area contributed by atoms with E-state index in [1.807, 2.05) is 20.8 Å². The van der Waals surface area contributed by atoms with Gasteiger partial charge < -0.3 is 20.7 Å². The van der Waals surface area contributed by atoms with Crippen molar-refractivity contribution in [2.45, 2.75) is 33.6 Å². The summed E-state index contributed by atoms with van der Waals surface area (Å²) in [4.78, 5) is 28.2. The molecule has 0 aromatic carbocycles. The lowest BCUT2D eigenvalue weighted by Crippen LogP contribution is -2.42. The van der Waals surface area contributed by atoms with E-state index in [-0.39, 0.29) is 28.9 Å². The molecule has 1 atom stereocenters. The number of likely N-dealkylation sites (tertiary alicyclic amines) is 1. The number of piperidine rings is 1. The van der Waals surface area contributed by atoms with Crippen molar-refractivity contribution in [3.05, 3.63) is 22.2 Å². The van der Waals surface area contributed by atoms with E-state index in [0.29, 0.717) is 32.1 Å². The summed E-state index contributed by atoms with van der Waals surface area (Å²) in [6, 6.07) is 2.87. The Labute approximate surface area is 153 Å². The second kappa shape index (κ2) is 8.20. The van der Waals surface area contributed by atoms with Gasteiger partial charge in [-0.25, -0.2) is 9.78 Å². The highest BCUT2D eigenvalue weighted by Gasteiger charge is 2.26. The molecular weight excluding hydrogens is 338 g/mol. The molecule has 26 heavy (non-hydrogen) atoms. The van der Waals surface area contributed by atoms with Crippen LogP contribution in [0.2, 0.25) is 0 Å². The summed E-state index contributed by atoms with van der Waals surface area (Å²) in [7, 11) is 0. The normalized spacial score (nSPS) is 17.7. The van der Waals surface area contributed by atoms with Crippen molar-refractivity contribution in [3.63, 3.8) is 0 Å². The van der Waals surface area contributed by atoms with Gasteiger partial charge in [-0.3, -0.25) is 10.1 Å². The Morgan fingerprint density at radius 3 is 2.85 bits per heavy atom. The smallest absolute Gasteiger partial charge is 0.409 e. The molecule has 1 fully saturated rings. The van der Waals surface area contributed by atoms with Gasteiger partial charge in [-0.05, 0) is 30.2 Å². The minimum atomic E-state index is -0.561. The van der Waals surface area contributed by atoms with E-state index >= 15 is 0 Å². The molecule has 9 heteroatoms. The van der Waals surface area contributed by atoms with Gasteiger partial charge in [0.15, 0.2) is 0 Å². The Hall–Kier alpha value is -2.58. The fourth-order valence-corrected chi connectivity index (χ4v) is 2.74. The lowest BCUT2D eigenvalue weighted by Gasteiger charge is -2.33. The summed E-state index contributed by atoms with van der Waals surface area (Å²) >= 11 is 0. The van der Waals surface area contributed by atoms with E-state index < -0.39 is 4.92 Å². The van der Waals surface area contributed by atoms with Gasteiger partial charge in [0.05, 0.1) is 11.5 Å².